The Balaban J connectivity index is 2.16. The summed E-state index contributed by atoms with van der Waals surface area (Å²) in [7, 11) is 0. The fourth-order valence-corrected chi connectivity index (χ4v) is 7.79. The number of aliphatic hydroxyl groups excluding tert-OH is 5. The first-order chi connectivity index (χ1) is 31.8. The van der Waals surface area contributed by atoms with Crippen molar-refractivity contribution in [2.75, 3.05) is 13.2 Å². The van der Waals surface area contributed by atoms with Crippen LogP contribution < -0.4 is 5.32 Å². The van der Waals surface area contributed by atoms with E-state index in [1.54, 1.807) is 6.08 Å². The molecule has 0 radical (unpaired) electrons. The van der Waals surface area contributed by atoms with E-state index >= 15 is 0 Å². The zero-order valence-electron chi connectivity index (χ0n) is 41.2. The van der Waals surface area contributed by atoms with Crippen molar-refractivity contribution in [2.24, 2.45) is 0 Å². The average molecular weight is 912 g/mol. The van der Waals surface area contributed by atoms with Gasteiger partial charge in [0, 0.05) is 6.42 Å². The summed E-state index contributed by atoms with van der Waals surface area (Å²) in [6.07, 6.45) is 56.5. The normalized spacial score (nSPS) is 20.6. The zero-order chi connectivity index (χ0) is 47.3. The van der Waals surface area contributed by atoms with Crippen LogP contribution in [0.3, 0.4) is 0 Å². The van der Waals surface area contributed by atoms with E-state index in [2.05, 4.69) is 92.1 Å². The number of nitrogens with one attached hydrogen (secondary N) is 1. The maximum absolute atomic E-state index is 13.0. The van der Waals surface area contributed by atoms with Crippen molar-refractivity contribution in [3.8, 4) is 0 Å². The van der Waals surface area contributed by atoms with Crippen molar-refractivity contribution >= 4 is 5.91 Å². The van der Waals surface area contributed by atoms with Crippen LogP contribution in [0.25, 0.3) is 0 Å². The molecule has 1 saturated heterocycles. The molecule has 9 heteroatoms. The van der Waals surface area contributed by atoms with Crippen molar-refractivity contribution in [1.82, 2.24) is 5.32 Å². The molecule has 0 spiro atoms. The van der Waals surface area contributed by atoms with Crippen LogP contribution in [0.1, 0.15) is 206 Å². The van der Waals surface area contributed by atoms with Crippen molar-refractivity contribution in [1.29, 1.82) is 0 Å². The van der Waals surface area contributed by atoms with E-state index in [4.69, 9.17) is 9.47 Å². The molecule has 0 aromatic rings. The van der Waals surface area contributed by atoms with Crippen LogP contribution in [0, 0.1) is 0 Å². The van der Waals surface area contributed by atoms with Gasteiger partial charge in [0.15, 0.2) is 6.29 Å². The second-order valence-electron chi connectivity index (χ2n) is 17.9. The van der Waals surface area contributed by atoms with Crippen molar-refractivity contribution in [3.63, 3.8) is 0 Å². The molecular formula is C56H97NO8. The Morgan fingerprint density at radius 2 is 0.969 bits per heavy atom. The van der Waals surface area contributed by atoms with Crippen LogP contribution in [0.15, 0.2) is 85.1 Å². The summed E-state index contributed by atoms with van der Waals surface area (Å²) in [6, 6.07) is -0.824. The Hall–Kier alpha value is -2.63. The summed E-state index contributed by atoms with van der Waals surface area (Å²) in [6.45, 7) is 3.61. The average Bonchev–Trinajstić information content (AvgIpc) is 3.31. The predicted octanol–water partition coefficient (Wildman–Crippen LogP) is 12.3. The first-order valence-electron chi connectivity index (χ1n) is 26.3. The Morgan fingerprint density at radius 1 is 0.538 bits per heavy atom. The molecule has 6 N–H and O–H groups in total. The molecule has 7 unspecified atom stereocenters. The van der Waals surface area contributed by atoms with Crippen molar-refractivity contribution in [2.45, 2.75) is 249 Å². The highest BCUT2D eigenvalue weighted by atomic mass is 16.7. The van der Waals surface area contributed by atoms with Crippen LogP contribution >= 0.6 is 0 Å². The van der Waals surface area contributed by atoms with E-state index in [9.17, 15) is 30.3 Å². The number of hydrogen-bond donors (Lipinski definition) is 6. The van der Waals surface area contributed by atoms with Gasteiger partial charge < -0.3 is 40.3 Å². The van der Waals surface area contributed by atoms with Crippen LogP contribution in [0.5, 0.6) is 0 Å². The fraction of sp³-hybridized carbons (Fsp3) is 0.732. The lowest BCUT2D eigenvalue weighted by molar-refractivity contribution is -0.302. The molecule has 0 aromatic heterocycles. The van der Waals surface area contributed by atoms with Gasteiger partial charge in [0.1, 0.15) is 24.4 Å². The second-order valence-corrected chi connectivity index (χ2v) is 17.9. The topological polar surface area (TPSA) is 149 Å². The minimum atomic E-state index is -1.57. The monoisotopic (exact) mass is 912 g/mol. The number of ether oxygens (including phenoxy) is 2. The Kier molecular flexibility index (Phi) is 42.0. The number of aliphatic hydroxyl groups is 5. The SMILES string of the molecule is CC/C=C\C/C=C\C/C=C\C/C=C\C/C=C\CCCCCCCCCCCCCCCCCC(=O)NC(COC1OC(CO)C(O)C(O)C1O)C(O)/C=C/CC/C=C/CCCCCCC. The van der Waals surface area contributed by atoms with E-state index in [-0.39, 0.29) is 12.5 Å². The van der Waals surface area contributed by atoms with Crippen molar-refractivity contribution < 1.29 is 39.8 Å². The smallest absolute Gasteiger partial charge is 0.220 e. The Morgan fingerprint density at radius 3 is 1.48 bits per heavy atom. The summed E-state index contributed by atoms with van der Waals surface area (Å²) >= 11 is 0. The molecular weight excluding hydrogens is 815 g/mol. The maximum Gasteiger partial charge on any atom is 0.220 e. The number of rotatable bonds is 43. The highest BCUT2D eigenvalue weighted by molar-refractivity contribution is 5.76. The third kappa shape index (κ3) is 35.2. The van der Waals surface area contributed by atoms with Gasteiger partial charge >= 0.3 is 0 Å². The second kappa shape index (κ2) is 45.2. The standard InChI is InChI=1S/C56H97NO8/c1-3-5-7-9-11-13-15-16-17-18-19-20-21-22-23-24-25-26-27-28-29-30-31-32-33-34-36-38-40-42-44-46-52(60)57-49(48-64-56-55(63)54(62)53(61)51(47-58)65-56)50(59)45-43-41-39-37-35-14-12-10-8-6-4-2/h5,7,11,13,16-17,19-20,22-23,35,37,43,45,49-51,53-56,58-59,61-63H,3-4,6,8-10,12,14-15,18,21,24-34,36,38-42,44,46-48H2,1-2H3,(H,57,60)/b7-5-,13-11-,17-16-,20-19-,23-22-,37-35+,45-43+. The molecule has 1 heterocycles. The Labute approximate surface area is 397 Å². The van der Waals surface area contributed by atoms with E-state index < -0.39 is 49.5 Å². The first-order valence-corrected chi connectivity index (χ1v) is 26.3. The molecule has 1 fully saturated rings. The molecule has 0 aromatic carbocycles. The van der Waals surface area contributed by atoms with Gasteiger partial charge in [-0.15, -0.1) is 0 Å². The highest BCUT2D eigenvalue weighted by Crippen LogP contribution is 2.23. The number of carbonyl (C=O) groups excluding carboxylic acids is 1. The third-order valence-electron chi connectivity index (χ3n) is 12.0. The van der Waals surface area contributed by atoms with Gasteiger partial charge in [-0.05, 0) is 77.0 Å². The molecule has 0 saturated carbocycles. The molecule has 0 bridgehead atoms. The molecule has 9 nitrogen and oxygen atoms in total. The van der Waals surface area contributed by atoms with Gasteiger partial charge in [-0.1, -0.05) is 208 Å². The Bertz CT molecular complexity index is 1290. The van der Waals surface area contributed by atoms with Gasteiger partial charge in [0.25, 0.3) is 0 Å². The molecule has 1 aliphatic rings. The van der Waals surface area contributed by atoms with Crippen LogP contribution in [0.4, 0.5) is 0 Å². The van der Waals surface area contributed by atoms with Crippen molar-refractivity contribution in [3.05, 3.63) is 85.1 Å². The molecule has 7 atom stereocenters. The van der Waals surface area contributed by atoms with Gasteiger partial charge in [-0.2, -0.15) is 0 Å². The first kappa shape index (κ1) is 60.4. The number of amides is 1. The quantitative estimate of drug-likeness (QED) is 0.0262. The minimum Gasteiger partial charge on any atom is -0.394 e. The lowest BCUT2D eigenvalue weighted by Crippen LogP contribution is -2.60. The number of unbranched alkanes of at least 4 members (excludes halogenated alkanes) is 21. The number of hydrogen-bond acceptors (Lipinski definition) is 8. The van der Waals surface area contributed by atoms with Crippen LogP contribution in [-0.2, 0) is 14.3 Å². The lowest BCUT2D eigenvalue weighted by atomic mass is 9.99. The summed E-state index contributed by atoms with van der Waals surface area (Å²) in [4.78, 5) is 13.0. The molecule has 1 amide bonds. The van der Waals surface area contributed by atoms with Crippen LogP contribution in [0.2, 0.25) is 0 Å². The largest absolute Gasteiger partial charge is 0.394 e. The number of carbonyl (C=O) groups is 1. The zero-order valence-corrected chi connectivity index (χ0v) is 41.2. The number of allylic oxidation sites excluding steroid dienone is 13. The van der Waals surface area contributed by atoms with Crippen LogP contribution in [-0.4, -0.2) is 87.5 Å². The lowest BCUT2D eigenvalue weighted by Gasteiger charge is -2.40. The summed E-state index contributed by atoms with van der Waals surface area (Å²) in [5, 5.41) is 54.2. The predicted molar refractivity (Wildman–Crippen MR) is 271 cm³/mol. The summed E-state index contributed by atoms with van der Waals surface area (Å²) < 4.78 is 11.2. The molecule has 1 aliphatic heterocycles. The minimum absolute atomic E-state index is 0.192. The van der Waals surface area contributed by atoms with Gasteiger partial charge in [0.2, 0.25) is 5.91 Å². The summed E-state index contributed by atoms with van der Waals surface area (Å²) in [5.41, 5.74) is 0. The molecule has 374 valence electrons. The molecule has 65 heavy (non-hydrogen) atoms. The molecule has 0 aliphatic carbocycles. The van der Waals surface area contributed by atoms with E-state index in [1.807, 2.05) is 6.08 Å². The third-order valence-corrected chi connectivity index (χ3v) is 12.0. The van der Waals surface area contributed by atoms with E-state index in [1.165, 1.54) is 116 Å². The van der Waals surface area contributed by atoms with Gasteiger partial charge in [-0.25, -0.2) is 0 Å². The highest BCUT2D eigenvalue weighted by Gasteiger charge is 2.44. The van der Waals surface area contributed by atoms with E-state index in [0.29, 0.717) is 6.42 Å². The molecule has 1 rings (SSSR count). The fourth-order valence-electron chi connectivity index (χ4n) is 7.79. The van der Waals surface area contributed by atoms with E-state index in [0.717, 1.165) is 70.6 Å². The summed E-state index contributed by atoms with van der Waals surface area (Å²) in [5.74, 6) is -0.192. The maximum atomic E-state index is 13.0. The van der Waals surface area contributed by atoms with Gasteiger partial charge in [-0.3, -0.25) is 4.79 Å². The van der Waals surface area contributed by atoms with Gasteiger partial charge in [0.05, 0.1) is 25.4 Å².